The quantitative estimate of drug-likeness (QED) is 0.625. The molecule has 0 aromatic heterocycles. The molecule has 108 valence electrons. The summed E-state index contributed by atoms with van der Waals surface area (Å²) in [6.45, 7) is 6.28. The van der Waals surface area contributed by atoms with Gasteiger partial charge in [0.15, 0.2) is 5.78 Å². The number of anilines is 1. The number of piperidine rings is 1. The first-order valence-corrected chi connectivity index (χ1v) is 7.72. The van der Waals surface area contributed by atoms with E-state index < -0.39 is 10.2 Å². The first-order chi connectivity index (χ1) is 9.32. The fourth-order valence-electron chi connectivity index (χ4n) is 2.64. The average molecular weight is 338 g/mol. The van der Waals surface area contributed by atoms with Crippen LogP contribution in [0.3, 0.4) is 0 Å². The highest BCUT2D eigenvalue weighted by atomic mass is 79.9. The van der Waals surface area contributed by atoms with Crippen molar-refractivity contribution in [2.24, 2.45) is 5.92 Å². The zero-order valence-electron chi connectivity index (χ0n) is 12.1. The number of carbonyl (C=O) groups excluding carboxylic acids is 2. The number of nitrogens with zero attached hydrogens (tertiary/aromatic N) is 1. The Hall–Kier alpha value is -1.16. The standard InChI is InChI=1S/C16H20BrNO2/c1-11-7-4-5-9-13(11)18-10-6-8-12(15(18)20)14(19)16(2,3)17/h4-5,7,9,12H,6,8,10H2,1-3H3/t12-/m1/s1. The molecule has 1 fully saturated rings. The lowest BCUT2D eigenvalue weighted by atomic mass is 9.87. The molecule has 3 nitrogen and oxygen atoms in total. The van der Waals surface area contributed by atoms with Gasteiger partial charge in [-0.05, 0) is 45.2 Å². The van der Waals surface area contributed by atoms with Gasteiger partial charge in [-0.15, -0.1) is 0 Å². The van der Waals surface area contributed by atoms with Crippen molar-refractivity contribution in [3.8, 4) is 0 Å². The van der Waals surface area contributed by atoms with Gasteiger partial charge in [-0.25, -0.2) is 0 Å². The smallest absolute Gasteiger partial charge is 0.237 e. The third kappa shape index (κ3) is 2.95. The largest absolute Gasteiger partial charge is 0.312 e. The van der Waals surface area contributed by atoms with E-state index in [9.17, 15) is 9.59 Å². The molecule has 0 saturated carbocycles. The van der Waals surface area contributed by atoms with Gasteiger partial charge in [-0.2, -0.15) is 0 Å². The third-order valence-electron chi connectivity index (χ3n) is 3.75. The second kappa shape index (κ2) is 5.68. The minimum absolute atomic E-state index is 0.0271. The van der Waals surface area contributed by atoms with Crippen molar-refractivity contribution < 1.29 is 9.59 Å². The van der Waals surface area contributed by atoms with Gasteiger partial charge in [0.2, 0.25) is 5.91 Å². The number of carbonyl (C=O) groups is 2. The number of ketones is 1. The first kappa shape index (κ1) is 15.2. The van der Waals surface area contributed by atoms with E-state index in [1.165, 1.54) is 0 Å². The Kier molecular flexibility index (Phi) is 4.33. The van der Waals surface area contributed by atoms with E-state index in [0.717, 1.165) is 17.7 Å². The Morgan fingerprint density at radius 1 is 1.35 bits per heavy atom. The van der Waals surface area contributed by atoms with Crippen LogP contribution in [0.4, 0.5) is 5.69 Å². The molecule has 0 unspecified atom stereocenters. The van der Waals surface area contributed by atoms with Crippen LogP contribution in [-0.4, -0.2) is 22.6 Å². The number of para-hydroxylation sites is 1. The molecule has 0 bridgehead atoms. The van der Waals surface area contributed by atoms with E-state index in [-0.39, 0.29) is 11.7 Å². The summed E-state index contributed by atoms with van der Waals surface area (Å²) in [5.74, 6) is -0.624. The van der Waals surface area contributed by atoms with Crippen LogP contribution in [0, 0.1) is 12.8 Å². The van der Waals surface area contributed by atoms with Crippen molar-refractivity contribution in [1.82, 2.24) is 0 Å². The van der Waals surface area contributed by atoms with Gasteiger partial charge in [0.05, 0.1) is 10.2 Å². The minimum atomic E-state index is -0.651. The molecule has 0 N–H and O–H groups in total. The molecule has 0 spiro atoms. The SMILES string of the molecule is Cc1ccccc1N1CCC[C@H](C(=O)C(C)(C)Br)C1=O. The molecule has 1 aromatic rings. The normalized spacial score (nSPS) is 20.1. The maximum absolute atomic E-state index is 12.7. The van der Waals surface area contributed by atoms with Gasteiger partial charge in [-0.3, -0.25) is 9.59 Å². The van der Waals surface area contributed by atoms with E-state index in [4.69, 9.17) is 0 Å². The van der Waals surface area contributed by atoms with Crippen LogP contribution < -0.4 is 4.90 Å². The summed E-state index contributed by atoms with van der Waals surface area (Å²) in [5.41, 5.74) is 1.98. The van der Waals surface area contributed by atoms with Gasteiger partial charge in [0.25, 0.3) is 0 Å². The van der Waals surface area contributed by atoms with Crippen LogP contribution in [0.2, 0.25) is 0 Å². The van der Waals surface area contributed by atoms with E-state index in [1.54, 1.807) is 18.7 Å². The Labute approximate surface area is 128 Å². The summed E-state index contributed by atoms with van der Waals surface area (Å²) >= 11 is 3.38. The summed E-state index contributed by atoms with van der Waals surface area (Å²) in [6.07, 6.45) is 1.51. The highest BCUT2D eigenvalue weighted by molar-refractivity contribution is 9.10. The zero-order chi connectivity index (χ0) is 14.9. The van der Waals surface area contributed by atoms with Crippen LogP contribution >= 0.6 is 15.9 Å². The van der Waals surface area contributed by atoms with Gasteiger partial charge in [-0.1, -0.05) is 34.1 Å². The van der Waals surface area contributed by atoms with E-state index in [2.05, 4.69) is 15.9 Å². The van der Waals surface area contributed by atoms with Crippen LogP contribution in [0.1, 0.15) is 32.3 Å². The summed E-state index contributed by atoms with van der Waals surface area (Å²) in [7, 11) is 0. The molecule has 0 aliphatic carbocycles. The molecule has 2 rings (SSSR count). The molecule has 4 heteroatoms. The van der Waals surface area contributed by atoms with Crippen molar-refractivity contribution in [3.05, 3.63) is 29.8 Å². The van der Waals surface area contributed by atoms with Crippen LogP contribution in [-0.2, 0) is 9.59 Å². The number of aryl methyl sites for hydroxylation is 1. The summed E-state index contributed by atoms with van der Waals surface area (Å²) in [6, 6.07) is 7.81. The Morgan fingerprint density at radius 3 is 2.60 bits per heavy atom. The topological polar surface area (TPSA) is 37.4 Å². The lowest BCUT2D eigenvalue weighted by molar-refractivity contribution is -0.134. The maximum Gasteiger partial charge on any atom is 0.237 e. The molecular weight excluding hydrogens is 318 g/mol. The molecule has 1 heterocycles. The van der Waals surface area contributed by atoms with E-state index >= 15 is 0 Å². The summed E-state index contributed by atoms with van der Waals surface area (Å²) in [4.78, 5) is 26.8. The van der Waals surface area contributed by atoms with Crippen molar-refractivity contribution in [2.45, 2.75) is 37.9 Å². The molecule has 1 aromatic carbocycles. The number of Topliss-reactive ketones (excluding diaryl/α,β-unsaturated/α-hetero) is 1. The van der Waals surface area contributed by atoms with Gasteiger partial charge >= 0.3 is 0 Å². The highest BCUT2D eigenvalue weighted by Gasteiger charge is 2.40. The number of benzene rings is 1. The Morgan fingerprint density at radius 2 is 2.00 bits per heavy atom. The lowest BCUT2D eigenvalue weighted by Gasteiger charge is -2.34. The van der Waals surface area contributed by atoms with E-state index in [0.29, 0.717) is 13.0 Å². The number of halogens is 1. The van der Waals surface area contributed by atoms with Crippen LogP contribution in [0.25, 0.3) is 0 Å². The number of amides is 1. The first-order valence-electron chi connectivity index (χ1n) is 6.92. The Bertz CT molecular complexity index is 534. The molecule has 1 amide bonds. The molecule has 1 atom stereocenters. The maximum atomic E-state index is 12.7. The van der Waals surface area contributed by atoms with Gasteiger partial charge in [0.1, 0.15) is 0 Å². The van der Waals surface area contributed by atoms with Crippen molar-refractivity contribution in [1.29, 1.82) is 0 Å². The second-order valence-corrected chi connectivity index (χ2v) is 7.79. The minimum Gasteiger partial charge on any atom is -0.312 e. The number of hydrogen-bond acceptors (Lipinski definition) is 2. The third-order valence-corrected chi connectivity index (χ3v) is 4.14. The van der Waals surface area contributed by atoms with Gasteiger partial charge < -0.3 is 4.90 Å². The van der Waals surface area contributed by atoms with Crippen molar-refractivity contribution >= 4 is 33.3 Å². The molecule has 20 heavy (non-hydrogen) atoms. The molecular formula is C16H20BrNO2. The predicted octanol–water partition coefficient (Wildman–Crippen LogP) is 3.48. The average Bonchev–Trinajstić information content (AvgIpc) is 2.38. The summed E-state index contributed by atoms with van der Waals surface area (Å²) in [5, 5.41) is 0. The molecule has 1 saturated heterocycles. The van der Waals surface area contributed by atoms with Crippen LogP contribution in [0.5, 0.6) is 0 Å². The highest BCUT2D eigenvalue weighted by Crippen LogP contribution is 2.31. The fourth-order valence-corrected chi connectivity index (χ4v) is 2.91. The predicted molar refractivity (Wildman–Crippen MR) is 84.3 cm³/mol. The second-order valence-electron chi connectivity index (χ2n) is 5.81. The lowest BCUT2D eigenvalue weighted by Crippen LogP contribution is -2.48. The van der Waals surface area contributed by atoms with E-state index in [1.807, 2.05) is 31.2 Å². The summed E-state index contributed by atoms with van der Waals surface area (Å²) < 4.78 is -0.651. The number of hydrogen-bond donors (Lipinski definition) is 0. The van der Waals surface area contributed by atoms with Gasteiger partial charge in [0, 0.05) is 12.2 Å². The van der Waals surface area contributed by atoms with Crippen molar-refractivity contribution in [2.75, 3.05) is 11.4 Å². The number of alkyl halides is 1. The molecule has 0 radical (unpaired) electrons. The number of rotatable bonds is 3. The fraction of sp³-hybridized carbons (Fsp3) is 0.500. The zero-order valence-corrected chi connectivity index (χ0v) is 13.7. The monoisotopic (exact) mass is 337 g/mol. The van der Waals surface area contributed by atoms with Crippen LogP contribution in [0.15, 0.2) is 24.3 Å². The molecule has 1 aliphatic heterocycles. The molecule has 1 aliphatic rings. The Balaban J connectivity index is 2.28. The van der Waals surface area contributed by atoms with Crippen molar-refractivity contribution in [3.63, 3.8) is 0 Å².